The minimum absolute atomic E-state index is 0.136. The summed E-state index contributed by atoms with van der Waals surface area (Å²) in [7, 11) is 0. The first-order chi connectivity index (χ1) is 13.7. The van der Waals surface area contributed by atoms with Crippen LogP contribution in [0.5, 0.6) is 0 Å². The molecular weight excluding hydrogens is 351 g/mol. The molecule has 28 heavy (non-hydrogen) atoms. The molecule has 4 rings (SSSR count). The molecular formula is C24H29FN2O. The molecule has 0 spiro atoms. The number of nitrogens with zero attached hydrogens (tertiary/aromatic N) is 2. The number of halogens is 1. The molecule has 2 fully saturated rings. The number of amides is 1. The smallest absolute Gasteiger partial charge is 0.223 e. The van der Waals surface area contributed by atoms with Gasteiger partial charge in [0, 0.05) is 31.5 Å². The average molecular weight is 381 g/mol. The fourth-order valence-electron chi connectivity index (χ4n) is 4.74. The molecule has 2 saturated heterocycles. The lowest BCUT2D eigenvalue weighted by molar-refractivity contribution is -0.133. The second-order valence-corrected chi connectivity index (χ2v) is 8.04. The second-order valence-electron chi connectivity index (χ2n) is 8.04. The van der Waals surface area contributed by atoms with Gasteiger partial charge in [-0.25, -0.2) is 4.39 Å². The van der Waals surface area contributed by atoms with E-state index in [1.54, 1.807) is 12.1 Å². The lowest BCUT2D eigenvalue weighted by Gasteiger charge is -2.37. The van der Waals surface area contributed by atoms with Crippen LogP contribution in [0.4, 0.5) is 4.39 Å². The number of carbonyl (C=O) groups excluding carboxylic acids is 1. The number of piperidine rings is 1. The molecule has 2 heterocycles. The summed E-state index contributed by atoms with van der Waals surface area (Å²) >= 11 is 0. The molecule has 3 nitrogen and oxygen atoms in total. The molecule has 1 atom stereocenters. The van der Waals surface area contributed by atoms with Crippen LogP contribution in [0.25, 0.3) is 0 Å². The van der Waals surface area contributed by atoms with Crippen LogP contribution in [0.15, 0.2) is 54.6 Å². The highest BCUT2D eigenvalue weighted by Crippen LogP contribution is 2.31. The van der Waals surface area contributed by atoms with E-state index >= 15 is 0 Å². The molecule has 0 aliphatic carbocycles. The van der Waals surface area contributed by atoms with Crippen LogP contribution in [-0.4, -0.2) is 47.9 Å². The van der Waals surface area contributed by atoms with E-state index in [0.29, 0.717) is 18.0 Å². The van der Waals surface area contributed by atoms with E-state index in [9.17, 15) is 9.18 Å². The minimum Gasteiger partial charge on any atom is -0.343 e. The molecule has 0 N–H and O–H groups in total. The van der Waals surface area contributed by atoms with E-state index in [2.05, 4.69) is 4.90 Å². The first-order valence-corrected chi connectivity index (χ1v) is 10.5. The maximum Gasteiger partial charge on any atom is 0.223 e. The molecule has 2 aliphatic rings. The largest absolute Gasteiger partial charge is 0.343 e. The van der Waals surface area contributed by atoms with E-state index in [0.717, 1.165) is 31.5 Å². The topological polar surface area (TPSA) is 23.6 Å². The summed E-state index contributed by atoms with van der Waals surface area (Å²) in [5.41, 5.74) is 1.60. The summed E-state index contributed by atoms with van der Waals surface area (Å²) in [6, 6.07) is 17.3. The highest BCUT2D eigenvalue weighted by Gasteiger charge is 2.30. The molecule has 0 aromatic heterocycles. The molecule has 0 saturated carbocycles. The molecule has 148 valence electrons. The van der Waals surface area contributed by atoms with Crippen LogP contribution in [-0.2, 0) is 4.79 Å². The predicted octanol–water partition coefficient (Wildman–Crippen LogP) is 4.43. The standard InChI is InChI=1S/C24H29FN2O/c25-23-11-5-4-10-21(23)22(19-8-2-1-3-9-19)18-24(28)27-16-12-20(13-17-27)26-14-6-7-15-26/h1-5,8-11,20,22H,6-7,12-18H2/t22-/m1/s1. The first kappa shape index (κ1) is 19.1. The predicted molar refractivity (Wildman–Crippen MR) is 110 cm³/mol. The number of rotatable bonds is 5. The Balaban J connectivity index is 1.45. The van der Waals surface area contributed by atoms with Crippen molar-refractivity contribution in [2.45, 2.75) is 44.1 Å². The summed E-state index contributed by atoms with van der Waals surface area (Å²) in [5, 5.41) is 0. The Morgan fingerprint density at radius 2 is 1.57 bits per heavy atom. The summed E-state index contributed by atoms with van der Waals surface area (Å²) in [4.78, 5) is 17.7. The van der Waals surface area contributed by atoms with Crippen LogP contribution in [0.1, 0.15) is 49.1 Å². The van der Waals surface area contributed by atoms with Gasteiger partial charge in [0.05, 0.1) is 0 Å². The molecule has 2 aromatic carbocycles. The lowest BCUT2D eigenvalue weighted by Crippen LogP contribution is -2.46. The van der Waals surface area contributed by atoms with Crippen LogP contribution < -0.4 is 0 Å². The maximum atomic E-state index is 14.5. The summed E-state index contributed by atoms with van der Waals surface area (Å²) in [6.45, 7) is 4.06. The van der Waals surface area contributed by atoms with Gasteiger partial charge in [0.15, 0.2) is 0 Å². The Morgan fingerprint density at radius 1 is 0.929 bits per heavy atom. The molecule has 1 amide bonds. The van der Waals surface area contributed by atoms with Gasteiger partial charge >= 0.3 is 0 Å². The highest BCUT2D eigenvalue weighted by atomic mass is 19.1. The van der Waals surface area contributed by atoms with Crippen molar-refractivity contribution in [1.29, 1.82) is 0 Å². The zero-order valence-electron chi connectivity index (χ0n) is 16.4. The third-order valence-electron chi connectivity index (χ3n) is 6.34. The second kappa shape index (κ2) is 8.87. The number of carbonyl (C=O) groups is 1. The third kappa shape index (κ3) is 4.27. The van der Waals surface area contributed by atoms with Crippen molar-refractivity contribution in [3.8, 4) is 0 Å². The quantitative estimate of drug-likeness (QED) is 0.766. The van der Waals surface area contributed by atoms with Gasteiger partial charge in [-0.05, 0) is 56.0 Å². The third-order valence-corrected chi connectivity index (χ3v) is 6.34. The van der Waals surface area contributed by atoms with Gasteiger partial charge in [0.1, 0.15) is 5.82 Å². The Kier molecular flexibility index (Phi) is 6.06. The molecule has 0 bridgehead atoms. The fourth-order valence-corrected chi connectivity index (χ4v) is 4.74. The van der Waals surface area contributed by atoms with E-state index in [4.69, 9.17) is 0 Å². The molecule has 4 heteroatoms. The van der Waals surface area contributed by atoms with Crippen LogP contribution in [0, 0.1) is 5.82 Å². The van der Waals surface area contributed by atoms with Crippen LogP contribution >= 0.6 is 0 Å². The van der Waals surface area contributed by atoms with E-state index in [1.807, 2.05) is 41.3 Å². The van der Waals surface area contributed by atoms with E-state index < -0.39 is 0 Å². The van der Waals surface area contributed by atoms with Crippen molar-refractivity contribution in [2.75, 3.05) is 26.2 Å². The zero-order valence-corrected chi connectivity index (χ0v) is 16.4. The maximum absolute atomic E-state index is 14.5. The Labute approximate surface area is 167 Å². The van der Waals surface area contributed by atoms with Gasteiger partial charge in [-0.2, -0.15) is 0 Å². The van der Waals surface area contributed by atoms with E-state index in [-0.39, 0.29) is 17.6 Å². The van der Waals surface area contributed by atoms with Gasteiger partial charge in [0.2, 0.25) is 5.91 Å². The van der Waals surface area contributed by atoms with Crippen molar-refractivity contribution in [3.05, 3.63) is 71.5 Å². The summed E-state index contributed by atoms with van der Waals surface area (Å²) < 4.78 is 14.5. The van der Waals surface area contributed by atoms with Gasteiger partial charge < -0.3 is 9.80 Å². The Hall–Kier alpha value is -2.20. The van der Waals surface area contributed by atoms with Crippen LogP contribution in [0.3, 0.4) is 0 Å². The molecule has 2 aliphatic heterocycles. The number of likely N-dealkylation sites (tertiary alicyclic amines) is 2. The molecule has 0 unspecified atom stereocenters. The number of hydrogen-bond acceptors (Lipinski definition) is 2. The Bertz CT molecular complexity index is 780. The van der Waals surface area contributed by atoms with Crippen molar-refractivity contribution in [1.82, 2.24) is 9.80 Å². The highest BCUT2D eigenvalue weighted by molar-refractivity contribution is 5.78. The number of hydrogen-bond donors (Lipinski definition) is 0. The first-order valence-electron chi connectivity index (χ1n) is 10.5. The van der Waals surface area contributed by atoms with E-state index in [1.165, 1.54) is 32.0 Å². The van der Waals surface area contributed by atoms with Crippen LogP contribution in [0.2, 0.25) is 0 Å². The molecule has 2 aromatic rings. The van der Waals surface area contributed by atoms with Crippen molar-refractivity contribution < 1.29 is 9.18 Å². The lowest BCUT2D eigenvalue weighted by atomic mass is 9.87. The van der Waals surface area contributed by atoms with Gasteiger partial charge in [0.25, 0.3) is 0 Å². The number of benzene rings is 2. The SMILES string of the molecule is O=C(C[C@H](c1ccccc1)c1ccccc1F)N1CCC(N2CCCC2)CC1. The molecule has 0 radical (unpaired) electrons. The normalized spacial score (nSPS) is 19.7. The average Bonchev–Trinajstić information content (AvgIpc) is 3.28. The van der Waals surface area contributed by atoms with Gasteiger partial charge in [-0.3, -0.25) is 4.79 Å². The van der Waals surface area contributed by atoms with Gasteiger partial charge in [-0.15, -0.1) is 0 Å². The van der Waals surface area contributed by atoms with Crippen molar-refractivity contribution >= 4 is 5.91 Å². The minimum atomic E-state index is -0.244. The monoisotopic (exact) mass is 380 g/mol. The zero-order chi connectivity index (χ0) is 19.3. The van der Waals surface area contributed by atoms with Crippen molar-refractivity contribution in [3.63, 3.8) is 0 Å². The van der Waals surface area contributed by atoms with Gasteiger partial charge in [-0.1, -0.05) is 48.5 Å². The Morgan fingerprint density at radius 3 is 2.25 bits per heavy atom. The van der Waals surface area contributed by atoms with Crippen molar-refractivity contribution in [2.24, 2.45) is 0 Å². The summed E-state index contributed by atoms with van der Waals surface area (Å²) in [6.07, 6.45) is 5.04. The fraction of sp³-hybridized carbons (Fsp3) is 0.458. The summed E-state index contributed by atoms with van der Waals surface area (Å²) in [5.74, 6) is -0.347.